The van der Waals surface area contributed by atoms with Crippen LogP contribution >= 0.6 is 7.82 Å². The quantitative estimate of drug-likeness (QED) is 0.0236. The average Bonchev–Trinajstić information content (AvgIpc) is 3.28. The molecule has 9 nitrogen and oxygen atoms in total. The van der Waals surface area contributed by atoms with Crippen molar-refractivity contribution in [2.24, 2.45) is 0 Å². The van der Waals surface area contributed by atoms with Gasteiger partial charge in [0.05, 0.1) is 26.4 Å². The lowest BCUT2D eigenvalue weighted by molar-refractivity contribution is -0.154. The van der Waals surface area contributed by atoms with Crippen LogP contribution in [0.1, 0.15) is 251 Å². The topological polar surface area (TPSA) is 132 Å². The molecule has 0 bridgehead atoms. The molecule has 0 spiro atoms. The fourth-order valence-corrected chi connectivity index (χ4v) is 8.29. The van der Waals surface area contributed by atoms with Crippen molar-refractivity contribution in [3.8, 4) is 0 Å². The van der Waals surface area contributed by atoms with Gasteiger partial charge in [-0.1, -0.05) is 211 Å². The molecule has 0 fully saturated rings. The Kier molecular flexibility index (Phi) is 49.1. The Morgan fingerprint density at radius 3 is 1.29 bits per heavy atom. The van der Waals surface area contributed by atoms with Crippen molar-refractivity contribution < 1.29 is 43.0 Å². The van der Waals surface area contributed by atoms with Gasteiger partial charge in [-0.2, -0.15) is 0 Å². The van der Waals surface area contributed by atoms with Crippen LogP contribution in [0.5, 0.6) is 0 Å². The van der Waals surface area contributed by atoms with Crippen molar-refractivity contribution in [1.82, 2.24) is 0 Å². The summed E-state index contributed by atoms with van der Waals surface area (Å²) < 4.78 is 33.6. The molecular formula is C53H101O9P. The maximum Gasteiger partial charge on any atom is 0.472 e. The van der Waals surface area contributed by atoms with Gasteiger partial charge in [-0.05, 0) is 70.6 Å². The van der Waals surface area contributed by atoms with Gasteiger partial charge >= 0.3 is 13.8 Å². The summed E-state index contributed by atoms with van der Waals surface area (Å²) in [4.78, 5) is 22.7. The fourth-order valence-electron chi connectivity index (χ4n) is 7.50. The number of aliphatic hydroxyl groups excluding tert-OH is 2. The fraction of sp³-hybridized carbons (Fsp3) is 0.868. The molecule has 0 saturated carbocycles. The van der Waals surface area contributed by atoms with Gasteiger partial charge in [0.1, 0.15) is 12.2 Å². The molecule has 0 rings (SSSR count). The number of carbonyl (C=O) groups excluding carboxylic acids is 1. The van der Waals surface area contributed by atoms with Crippen LogP contribution < -0.4 is 0 Å². The van der Waals surface area contributed by atoms with E-state index in [4.69, 9.17) is 23.6 Å². The number of unbranched alkanes of at least 4 members (excludes halogenated alkanes) is 31. The van der Waals surface area contributed by atoms with E-state index >= 15 is 0 Å². The number of rotatable bonds is 51. The first-order valence-corrected chi connectivity index (χ1v) is 28.0. The summed E-state index contributed by atoms with van der Waals surface area (Å²) in [6.07, 6.45) is 56.8. The lowest BCUT2D eigenvalue weighted by atomic mass is 10.0. The smallest absolute Gasteiger partial charge is 0.457 e. The number of hydrogen-bond acceptors (Lipinski definition) is 8. The lowest BCUT2D eigenvalue weighted by Crippen LogP contribution is -2.29. The summed E-state index contributed by atoms with van der Waals surface area (Å²) >= 11 is 0. The Hall–Kier alpha value is -1.32. The Balaban J connectivity index is 4.05. The standard InChI is InChI=1S/C53H101O9P/c1-3-5-7-9-11-13-15-17-19-21-23-24-25-26-27-29-31-33-35-37-39-41-43-45-53(56)62-52(50-61-63(57,58)60-48-51(55)47-54)49-59-46-44-42-40-38-36-34-32-30-28-22-20-18-16-14-12-10-8-6-4-2/h15,17,20-23,51-52,54-55H,3-14,16,18-19,24-50H2,1-2H3,(H,57,58)/b17-15-,22-20-,23-21-. The molecule has 0 aromatic carbocycles. The van der Waals surface area contributed by atoms with Crippen LogP contribution in [0, 0.1) is 0 Å². The van der Waals surface area contributed by atoms with E-state index in [1.807, 2.05) is 0 Å². The van der Waals surface area contributed by atoms with E-state index in [1.165, 1.54) is 186 Å². The van der Waals surface area contributed by atoms with Gasteiger partial charge < -0.3 is 24.6 Å². The maximum absolute atomic E-state index is 12.7. The summed E-state index contributed by atoms with van der Waals surface area (Å²) in [7, 11) is -4.52. The number of carbonyl (C=O) groups is 1. The summed E-state index contributed by atoms with van der Waals surface area (Å²) in [5.41, 5.74) is 0. The van der Waals surface area contributed by atoms with Gasteiger partial charge in [-0.15, -0.1) is 0 Å². The molecular weight excluding hydrogens is 812 g/mol. The van der Waals surface area contributed by atoms with Gasteiger partial charge in [-0.25, -0.2) is 4.57 Å². The van der Waals surface area contributed by atoms with Crippen LogP contribution in [-0.4, -0.2) is 66.3 Å². The molecule has 372 valence electrons. The molecule has 0 aromatic heterocycles. The third-order valence-corrected chi connectivity index (χ3v) is 12.5. The van der Waals surface area contributed by atoms with Gasteiger partial charge in [0.15, 0.2) is 0 Å². The van der Waals surface area contributed by atoms with E-state index in [-0.39, 0.29) is 25.6 Å². The predicted molar refractivity (Wildman–Crippen MR) is 265 cm³/mol. The molecule has 0 aromatic rings. The number of phosphoric acid groups is 1. The largest absolute Gasteiger partial charge is 0.472 e. The molecule has 3 atom stereocenters. The third-order valence-electron chi connectivity index (χ3n) is 11.5. The second kappa shape index (κ2) is 50.1. The molecule has 0 radical (unpaired) electrons. The van der Waals surface area contributed by atoms with E-state index in [1.54, 1.807) is 0 Å². The van der Waals surface area contributed by atoms with Crippen molar-refractivity contribution in [2.75, 3.05) is 33.0 Å². The van der Waals surface area contributed by atoms with Crippen molar-refractivity contribution in [3.05, 3.63) is 36.5 Å². The number of hydrogen-bond donors (Lipinski definition) is 3. The first-order chi connectivity index (χ1) is 30.8. The van der Waals surface area contributed by atoms with Crippen molar-refractivity contribution in [1.29, 1.82) is 0 Å². The minimum atomic E-state index is -4.52. The van der Waals surface area contributed by atoms with E-state index < -0.39 is 33.2 Å². The summed E-state index contributed by atoms with van der Waals surface area (Å²) in [6, 6.07) is 0. The van der Waals surface area contributed by atoms with E-state index in [2.05, 4.69) is 50.3 Å². The number of allylic oxidation sites excluding steroid dienone is 6. The molecule has 0 amide bonds. The van der Waals surface area contributed by atoms with Crippen LogP contribution in [0.15, 0.2) is 36.5 Å². The van der Waals surface area contributed by atoms with Gasteiger partial charge in [0, 0.05) is 13.0 Å². The Bertz CT molecular complexity index is 1080. The number of ether oxygens (including phenoxy) is 2. The Morgan fingerprint density at radius 1 is 0.492 bits per heavy atom. The number of phosphoric ester groups is 1. The molecule has 3 unspecified atom stereocenters. The van der Waals surface area contributed by atoms with E-state index in [9.17, 15) is 19.4 Å². The van der Waals surface area contributed by atoms with Crippen LogP contribution in [-0.2, 0) is 27.9 Å². The second-order valence-corrected chi connectivity index (χ2v) is 19.3. The van der Waals surface area contributed by atoms with Gasteiger partial charge in [0.25, 0.3) is 0 Å². The maximum atomic E-state index is 12.7. The number of esters is 1. The zero-order chi connectivity index (χ0) is 46.0. The highest BCUT2D eigenvalue weighted by Crippen LogP contribution is 2.43. The molecule has 0 aliphatic rings. The minimum Gasteiger partial charge on any atom is -0.457 e. The highest BCUT2D eigenvalue weighted by molar-refractivity contribution is 7.47. The monoisotopic (exact) mass is 913 g/mol. The zero-order valence-corrected chi connectivity index (χ0v) is 42.0. The molecule has 63 heavy (non-hydrogen) atoms. The normalized spacial score (nSPS) is 14.0. The van der Waals surface area contributed by atoms with Gasteiger partial charge in [0.2, 0.25) is 0 Å². The average molecular weight is 913 g/mol. The SMILES string of the molecule is CCCCCCC/C=C\C/C=C\CCCCCCCCCCCCCC(=O)OC(COCCCCCCCCCC/C=C\CCCCCCCCC)COP(=O)(O)OCC(O)CO. The molecule has 10 heteroatoms. The van der Waals surface area contributed by atoms with Crippen molar-refractivity contribution in [3.63, 3.8) is 0 Å². The first kappa shape index (κ1) is 61.7. The summed E-state index contributed by atoms with van der Waals surface area (Å²) in [5, 5.41) is 18.4. The van der Waals surface area contributed by atoms with Crippen LogP contribution in [0.25, 0.3) is 0 Å². The molecule has 0 aliphatic heterocycles. The zero-order valence-electron chi connectivity index (χ0n) is 41.1. The minimum absolute atomic E-state index is 0.0484. The predicted octanol–water partition coefficient (Wildman–Crippen LogP) is 15.5. The van der Waals surface area contributed by atoms with Crippen molar-refractivity contribution >= 4 is 13.8 Å². The molecule has 0 heterocycles. The molecule has 0 aliphatic carbocycles. The Morgan fingerprint density at radius 2 is 0.857 bits per heavy atom. The summed E-state index contributed by atoms with van der Waals surface area (Å²) in [6.45, 7) is 3.54. The van der Waals surface area contributed by atoms with E-state index in [0.29, 0.717) is 6.61 Å². The first-order valence-electron chi connectivity index (χ1n) is 26.5. The third kappa shape index (κ3) is 49.9. The van der Waals surface area contributed by atoms with Gasteiger partial charge in [-0.3, -0.25) is 13.8 Å². The highest BCUT2D eigenvalue weighted by atomic mass is 31.2. The highest BCUT2D eigenvalue weighted by Gasteiger charge is 2.26. The molecule has 0 saturated heterocycles. The molecule has 3 N–H and O–H groups in total. The number of aliphatic hydroxyl groups is 2. The second-order valence-electron chi connectivity index (χ2n) is 17.9. The van der Waals surface area contributed by atoms with E-state index in [0.717, 1.165) is 44.9 Å². The summed E-state index contributed by atoms with van der Waals surface area (Å²) in [5.74, 6) is -0.382. The van der Waals surface area contributed by atoms with Crippen LogP contribution in [0.4, 0.5) is 0 Å². The van der Waals surface area contributed by atoms with Crippen LogP contribution in [0.2, 0.25) is 0 Å². The Labute approximate surface area is 388 Å². The van der Waals surface area contributed by atoms with Crippen LogP contribution in [0.3, 0.4) is 0 Å². The van der Waals surface area contributed by atoms with Crippen molar-refractivity contribution in [2.45, 2.75) is 264 Å². The lowest BCUT2D eigenvalue weighted by Gasteiger charge is -2.20.